The second-order valence-corrected chi connectivity index (χ2v) is 10.9. The molecule has 1 aromatic rings. The van der Waals surface area contributed by atoms with Crippen LogP contribution in [0.3, 0.4) is 0 Å². The van der Waals surface area contributed by atoms with Gasteiger partial charge in [0, 0.05) is 5.75 Å². The van der Waals surface area contributed by atoms with Crippen LogP contribution < -0.4 is 5.73 Å². The molecule has 0 spiro atoms. The number of aliphatic hydroxyl groups is 1. The minimum Gasteiger partial charge on any atom is -0.480 e. The van der Waals surface area contributed by atoms with Crippen LogP contribution in [0.15, 0.2) is 0 Å². The third-order valence-electron chi connectivity index (χ3n) is 6.02. The van der Waals surface area contributed by atoms with Crippen molar-refractivity contribution in [3.05, 3.63) is 5.82 Å². The second kappa shape index (κ2) is 23.2. The lowest BCUT2D eigenvalue weighted by molar-refractivity contribution is -0.139. The third-order valence-corrected chi connectivity index (χ3v) is 7.22. The topological polar surface area (TPSA) is 127 Å². The molecule has 4 N–H and O–H groups in total. The highest BCUT2D eigenvalue weighted by atomic mass is 32.2. The molecule has 0 aliphatic carbocycles. The van der Waals surface area contributed by atoms with E-state index in [1.54, 1.807) is 18.6 Å². The van der Waals surface area contributed by atoms with E-state index in [1.807, 2.05) is 18.7 Å². The van der Waals surface area contributed by atoms with E-state index in [0.717, 1.165) is 11.5 Å². The Kier molecular flexibility index (Phi) is 22.4. The van der Waals surface area contributed by atoms with Gasteiger partial charge in [-0.2, -0.15) is 16.6 Å². The van der Waals surface area contributed by atoms with Gasteiger partial charge < -0.3 is 15.9 Å². The fraction of sp³-hybridized carbons (Fsp3) is 0.923. The van der Waals surface area contributed by atoms with Crippen molar-refractivity contribution in [3.8, 4) is 0 Å². The Morgan fingerprint density at radius 2 is 1.43 bits per heavy atom. The quantitative estimate of drug-likeness (QED) is 0.176. The van der Waals surface area contributed by atoms with Gasteiger partial charge in [0.25, 0.3) is 0 Å². The number of carboxylic acids is 1. The van der Waals surface area contributed by atoms with Crippen LogP contribution in [0.4, 0.5) is 0 Å². The number of carboxylic acid groups (broad SMARTS) is 1. The first-order valence-corrected chi connectivity index (χ1v) is 14.9. The molecule has 206 valence electrons. The Balaban J connectivity index is 0.00000124. The Morgan fingerprint density at radius 3 is 1.77 bits per heavy atom. The third kappa shape index (κ3) is 19.7. The molecule has 0 bridgehead atoms. The number of hydrogen-bond donors (Lipinski definition) is 3. The Morgan fingerprint density at radius 1 is 0.943 bits per heavy atom. The first-order chi connectivity index (χ1) is 16.8. The molecule has 35 heavy (non-hydrogen) atoms. The van der Waals surface area contributed by atoms with Crippen molar-refractivity contribution >= 4 is 17.7 Å². The summed E-state index contributed by atoms with van der Waals surface area (Å²) in [5.41, 5.74) is 5.16. The van der Waals surface area contributed by atoms with Gasteiger partial charge in [0.1, 0.15) is 12.1 Å². The molecule has 0 saturated heterocycles. The maximum atomic E-state index is 10.0. The lowest BCUT2D eigenvalue weighted by Gasteiger charge is -2.11. The van der Waals surface area contributed by atoms with Crippen LogP contribution in [0.1, 0.15) is 123 Å². The maximum Gasteiger partial charge on any atom is 0.320 e. The van der Waals surface area contributed by atoms with Gasteiger partial charge in [-0.1, -0.05) is 104 Å². The van der Waals surface area contributed by atoms with Gasteiger partial charge >= 0.3 is 5.97 Å². The Bertz CT molecular complexity index is 616. The molecule has 8 nitrogen and oxygen atoms in total. The molecule has 9 heteroatoms. The minimum absolute atomic E-state index is 0.0208. The number of aromatic nitrogens is 4. The molecule has 2 atom stereocenters. The predicted molar refractivity (Wildman–Crippen MR) is 147 cm³/mol. The van der Waals surface area contributed by atoms with Gasteiger partial charge in [-0.05, 0) is 30.2 Å². The molecule has 1 unspecified atom stereocenters. The molecule has 1 heterocycles. The molecule has 1 rings (SSSR count). The van der Waals surface area contributed by atoms with Crippen LogP contribution >= 0.6 is 11.8 Å². The molecule has 0 fully saturated rings. The summed E-state index contributed by atoms with van der Waals surface area (Å²) < 4.78 is 0. The lowest BCUT2D eigenvalue weighted by Crippen LogP contribution is -2.34. The van der Waals surface area contributed by atoms with E-state index in [-0.39, 0.29) is 18.6 Å². The zero-order valence-electron chi connectivity index (χ0n) is 22.8. The number of hydrogen-bond acceptors (Lipinski definition) is 7. The number of nitrogens with zero attached hydrogens (tertiary/aromatic N) is 4. The molecule has 0 aliphatic rings. The van der Waals surface area contributed by atoms with Gasteiger partial charge in [0.15, 0.2) is 5.82 Å². The fourth-order valence-corrected chi connectivity index (χ4v) is 4.63. The van der Waals surface area contributed by atoms with Crippen molar-refractivity contribution in [2.75, 3.05) is 18.1 Å². The largest absolute Gasteiger partial charge is 0.480 e. The first-order valence-electron chi connectivity index (χ1n) is 13.8. The van der Waals surface area contributed by atoms with E-state index in [0.29, 0.717) is 5.82 Å². The molecule has 0 amide bonds. The van der Waals surface area contributed by atoms with Gasteiger partial charge in [-0.15, -0.1) is 10.2 Å². The summed E-state index contributed by atoms with van der Waals surface area (Å²) in [6.45, 7) is 7.73. The monoisotopic (exact) mass is 515 g/mol. The first kappa shape index (κ1) is 33.8. The highest BCUT2D eigenvalue weighted by Gasteiger charge is 2.14. The van der Waals surface area contributed by atoms with E-state index in [9.17, 15) is 9.90 Å². The van der Waals surface area contributed by atoms with Crippen LogP contribution in [0.2, 0.25) is 0 Å². The number of aryl methyl sites for hydroxylation is 1. The molecular formula is C26H53N5O3S. The smallest absolute Gasteiger partial charge is 0.320 e. The van der Waals surface area contributed by atoms with Crippen LogP contribution in [-0.2, 0) is 4.79 Å². The SMILES string of the molecule is CC(C)[C@H](N)C(=O)O.CCCCCCCCCCCCCCCCSCC(CO)n1nnc(C)n1. The average Bonchev–Trinajstić information content (AvgIpc) is 3.26. The summed E-state index contributed by atoms with van der Waals surface area (Å²) >= 11 is 1.89. The minimum atomic E-state index is -0.931. The molecule has 1 aromatic heterocycles. The van der Waals surface area contributed by atoms with E-state index in [2.05, 4.69) is 22.3 Å². The number of tetrazole rings is 1. The van der Waals surface area contributed by atoms with Crippen molar-refractivity contribution < 1.29 is 15.0 Å². The number of nitrogens with two attached hydrogens (primary N) is 1. The van der Waals surface area contributed by atoms with Crippen LogP contribution in [0.5, 0.6) is 0 Å². The predicted octanol–water partition coefficient (Wildman–Crippen LogP) is 5.78. The number of aliphatic carboxylic acids is 1. The van der Waals surface area contributed by atoms with Crippen LogP contribution in [-0.4, -0.2) is 60.5 Å². The number of carbonyl (C=O) groups is 1. The number of unbranched alkanes of at least 4 members (excludes halogenated alkanes) is 13. The van der Waals surface area contributed by atoms with Gasteiger partial charge in [-0.25, -0.2) is 0 Å². The number of thioether (sulfide) groups is 1. The van der Waals surface area contributed by atoms with Gasteiger partial charge in [0.2, 0.25) is 0 Å². The Hall–Kier alpha value is -1.19. The summed E-state index contributed by atoms with van der Waals surface area (Å²) in [5.74, 6) is 1.75. The summed E-state index contributed by atoms with van der Waals surface area (Å²) in [6.07, 6.45) is 19.6. The van der Waals surface area contributed by atoms with E-state index in [1.165, 1.54) is 89.9 Å². The van der Waals surface area contributed by atoms with E-state index < -0.39 is 12.0 Å². The van der Waals surface area contributed by atoms with Crippen molar-refractivity contribution in [2.45, 2.75) is 130 Å². The lowest BCUT2D eigenvalue weighted by atomic mass is 10.0. The highest BCUT2D eigenvalue weighted by Crippen LogP contribution is 2.16. The summed E-state index contributed by atoms with van der Waals surface area (Å²) in [4.78, 5) is 11.6. The fourth-order valence-electron chi connectivity index (χ4n) is 3.55. The van der Waals surface area contributed by atoms with Crippen LogP contribution in [0, 0.1) is 12.8 Å². The van der Waals surface area contributed by atoms with E-state index in [4.69, 9.17) is 10.8 Å². The maximum absolute atomic E-state index is 10.0. The van der Waals surface area contributed by atoms with Crippen molar-refractivity contribution in [3.63, 3.8) is 0 Å². The van der Waals surface area contributed by atoms with Gasteiger partial charge in [0.05, 0.1) is 6.61 Å². The highest BCUT2D eigenvalue weighted by molar-refractivity contribution is 7.99. The Labute approximate surface area is 218 Å². The number of rotatable bonds is 21. The summed E-state index contributed by atoms with van der Waals surface area (Å²) in [5, 5.41) is 29.7. The van der Waals surface area contributed by atoms with Crippen LogP contribution in [0.25, 0.3) is 0 Å². The average molecular weight is 516 g/mol. The zero-order chi connectivity index (χ0) is 26.3. The molecule has 0 aromatic carbocycles. The zero-order valence-corrected chi connectivity index (χ0v) is 23.6. The van der Waals surface area contributed by atoms with Gasteiger partial charge in [-0.3, -0.25) is 4.79 Å². The molecular weight excluding hydrogens is 462 g/mol. The standard InChI is InChI=1S/C21H42N4OS.C5H11NO2/c1-3-4-5-6-7-8-9-10-11-12-13-14-15-16-17-27-19-21(18-26)25-23-20(2)22-24-25;1-3(2)4(6)5(7)8/h21,26H,3-19H2,1-2H3;3-4H,6H2,1-2H3,(H,7,8)/t;4-/m.0/s1. The number of aliphatic hydroxyl groups excluding tert-OH is 1. The van der Waals surface area contributed by atoms with Crippen molar-refractivity contribution in [1.29, 1.82) is 0 Å². The molecule has 0 saturated carbocycles. The normalized spacial score (nSPS) is 12.9. The van der Waals surface area contributed by atoms with Crippen molar-refractivity contribution in [1.82, 2.24) is 20.2 Å². The molecule has 0 radical (unpaired) electrons. The summed E-state index contributed by atoms with van der Waals surface area (Å²) in [7, 11) is 0. The summed E-state index contributed by atoms with van der Waals surface area (Å²) in [6, 6.07) is -0.766. The molecule has 0 aliphatic heterocycles. The van der Waals surface area contributed by atoms with E-state index >= 15 is 0 Å². The van der Waals surface area contributed by atoms with Crippen molar-refractivity contribution in [2.24, 2.45) is 11.7 Å². The second-order valence-electron chi connectivity index (χ2n) is 9.77.